The maximum atomic E-state index is 12.2. The fraction of sp³-hybridized carbons (Fsp3) is 0.333. The molecule has 0 unspecified atom stereocenters. The van der Waals surface area contributed by atoms with Crippen LogP contribution in [0.5, 0.6) is 5.75 Å². The highest BCUT2D eigenvalue weighted by Crippen LogP contribution is 2.27. The van der Waals surface area contributed by atoms with Crippen molar-refractivity contribution < 1.29 is 9.53 Å². The molecule has 1 aliphatic carbocycles. The van der Waals surface area contributed by atoms with Gasteiger partial charge in [-0.1, -0.05) is 23.4 Å². The van der Waals surface area contributed by atoms with E-state index in [9.17, 15) is 4.79 Å². The summed E-state index contributed by atoms with van der Waals surface area (Å²) in [5.41, 5.74) is 1.44. The molecule has 1 amide bonds. The number of carbonyl (C=O) groups is 1. The average molecular weight is 444 g/mol. The van der Waals surface area contributed by atoms with E-state index in [1.807, 2.05) is 35.9 Å². The Morgan fingerprint density at radius 2 is 2.00 bits per heavy atom. The zero-order valence-corrected chi connectivity index (χ0v) is 18.1. The molecule has 1 N–H and O–H groups in total. The second-order valence-corrected chi connectivity index (χ2v) is 8.39. The molecule has 1 aliphatic rings. The zero-order valence-electron chi connectivity index (χ0n) is 16.5. The Bertz CT molecular complexity index is 1020. The van der Waals surface area contributed by atoms with E-state index in [4.69, 9.17) is 16.3 Å². The van der Waals surface area contributed by atoms with Gasteiger partial charge in [-0.2, -0.15) is 0 Å². The van der Waals surface area contributed by atoms with Crippen molar-refractivity contribution in [2.75, 3.05) is 11.1 Å². The summed E-state index contributed by atoms with van der Waals surface area (Å²) in [4.78, 5) is 16.2. The van der Waals surface area contributed by atoms with Crippen molar-refractivity contribution in [3.05, 3.63) is 47.7 Å². The summed E-state index contributed by atoms with van der Waals surface area (Å²) in [5.74, 6) is 1.62. The molecular formula is C21H22ClN5O2S. The van der Waals surface area contributed by atoms with Crippen LogP contribution in [0.15, 0.2) is 47.8 Å². The third-order valence-corrected chi connectivity index (χ3v) is 6.24. The van der Waals surface area contributed by atoms with Crippen molar-refractivity contribution >= 4 is 35.0 Å². The van der Waals surface area contributed by atoms with Gasteiger partial charge in [0.15, 0.2) is 16.1 Å². The van der Waals surface area contributed by atoms with Gasteiger partial charge in [0, 0.05) is 18.8 Å². The lowest BCUT2D eigenvalue weighted by atomic mass is 10.2. The van der Waals surface area contributed by atoms with Crippen LogP contribution in [0.1, 0.15) is 25.7 Å². The molecule has 7 nitrogen and oxygen atoms in total. The molecule has 2 heterocycles. The number of rotatable bonds is 7. The van der Waals surface area contributed by atoms with Crippen LogP contribution >= 0.6 is 23.4 Å². The van der Waals surface area contributed by atoms with Crippen LogP contribution < -0.4 is 10.1 Å². The lowest BCUT2D eigenvalue weighted by molar-refractivity contribution is -0.113. The lowest BCUT2D eigenvalue weighted by Crippen LogP contribution is -2.15. The van der Waals surface area contributed by atoms with E-state index in [0.29, 0.717) is 16.9 Å². The van der Waals surface area contributed by atoms with E-state index in [1.54, 1.807) is 18.3 Å². The molecule has 1 fully saturated rings. The molecule has 0 bridgehead atoms. The number of hydrogen-bond donors (Lipinski definition) is 1. The fourth-order valence-corrected chi connectivity index (χ4v) is 4.25. The highest BCUT2D eigenvalue weighted by Gasteiger charge is 2.17. The van der Waals surface area contributed by atoms with Gasteiger partial charge in [0.05, 0.1) is 17.5 Å². The number of pyridine rings is 1. The van der Waals surface area contributed by atoms with E-state index in [2.05, 4.69) is 20.5 Å². The van der Waals surface area contributed by atoms with Gasteiger partial charge in [0.1, 0.15) is 5.75 Å². The molecule has 3 aromatic rings. The van der Waals surface area contributed by atoms with Gasteiger partial charge in [-0.3, -0.25) is 4.79 Å². The standard InChI is InChI=1S/C21H22ClN5O2S/c1-27-20(14-8-10-16(11-9-14)29-15-5-2-3-6-15)25-26-21(27)30-13-18(28)24-17-7-4-12-23-19(17)22/h4,7-12,15H,2-3,5-6,13H2,1H3,(H,24,28). The highest BCUT2D eigenvalue weighted by molar-refractivity contribution is 7.99. The number of halogens is 1. The van der Waals surface area contributed by atoms with Crippen LogP contribution in [0.3, 0.4) is 0 Å². The highest BCUT2D eigenvalue weighted by atomic mass is 35.5. The van der Waals surface area contributed by atoms with Gasteiger partial charge in [-0.25, -0.2) is 4.98 Å². The quantitative estimate of drug-likeness (QED) is 0.425. The molecule has 0 saturated heterocycles. The Balaban J connectivity index is 1.36. The minimum absolute atomic E-state index is 0.186. The van der Waals surface area contributed by atoms with Gasteiger partial charge < -0.3 is 14.6 Å². The Labute approximate surface area is 184 Å². The van der Waals surface area contributed by atoms with Crippen LogP contribution in [0, 0.1) is 0 Å². The molecule has 4 rings (SSSR count). The summed E-state index contributed by atoms with van der Waals surface area (Å²) < 4.78 is 7.90. The van der Waals surface area contributed by atoms with Crippen molar-refractivity contribution in [1.29, 1.82) is 0 Å². The number of thioether (sulfide) groups is 1. The van der Waals surface area contributed by atoms with Crippen LogP contribution in [-0.2, 0) is 11.8 Å². The van der Waals surface area contributed by atoms with Gasteiger partial charge in [0.2, 0.25) is 5.91 Å². The van der Waals surface area contributed by atoms with Crippen LogP contribution in [0.25, 0.3) is 11.4 Å². The summed E-state index contributed by atoms with van der Waals surface area (Å²) in [6.45, 7) is 0. The predicted octanol–water partition coefficient (Wildman–Crippen LogP) is 4.58. The monoisotopic (exact) mass is 443 g/mol. The van der Waals surface area contributed by atoms with Crippen molar-refractivity contribution in [3.63, 3.8) is 0 Å². The van der Waals surface area contributed by atoms with Crippen molar-refractivity contribution in [3.8, 4) is 17.1 Å². The van der Waals surface area contributed by atoms with E-state index in [0.717, 1.165) is 30.0 Å². The number of hydrogen-bond acceptors (Lipinski definition) is 6. The molecule has 1 saturated carbocycles. The molecule has 2 aromatic heterocycles. The second kappa shape index (κ2) is 9.49. The molecule has 1 aromatic carbocycles. The molecule has 0 spiro atoms. The first kappa shape index (κ1) is 20.7. The smallest absolute Gasteiger partial charge is 0.234 e. The molecule has 0 atom stereocenters. The number of benzene rings is 1. The van der Waals surface area contributed by atoms with Gasteiger partial charge >= 0.3 is 0 Å². The Hall–Kier alpha value is -2.58. The third kappa shape index (κ3) is 4.94. The summed E-state index contributed by atoms with van der Waals surface area (Å²) >= 11 is 7.28. The number of amides is 1. The molecule has 156 valence electrons. The number of nitrogens with zero attached hydrogens (tertiary/aromatic N) is 4. The second-order valence-electron chi connectivity index (χ2n) is 7.09. The molecular weight excluding hydrogens is 422 g/mol. The van der Waals surface area contributed by atoms with Crippen molar-refractivity contribution in [2.45, 2.75) is 36.9 Å². The van der Waals surface area contributed by atoms with E-state index in [-0.39, 0.29) is 16.8 Å². The van der Waals surface area contributed by atoms with E-state index < -0.39 is 0 Å². The minimum Gasteiger partial charge on any atom is -0.490 e. The first-order valence-corrected chi connectivity index (χ1v) is 11.2. The minimum atomic E-state index is -0.187. The lowest BCUT2D eigenvalue weighted by Gasteiger charge is -2.13. The molecule has 0 radical (unpaired) electrons. The first-order chi connectivity index (χ1) is 14.6. The zero-order chi connectivity index (χ0) is 20.9. The largest absolute Gasteiger partial charge is 0.490 e. The first-order valence-electron chi connectivity index (χ1n) is 9.80. The Morgan fingerprint density at radius 3 is 2.73 bits per heavy atom. The SMILES string of the molecule is Cn1c(SCC(=O)Nc2cccnc2Cl)nnc1-c1ccc(OC2CCCC2)cc1. The predicted molar refractivity (Wildman–Crippen MR) is 118 cm³/mol. The van der Waals surface area contributed by atoms with Crippen LogP contribution in [0.2, 0.25) is 5.15 Å². The fourth-order valence-electron chi connectivity index (χ4n) is 3.37. The van der Waals surface area contributed by atoms with E-state index >= 15 is 0 Å². The summed E-state index contributed by atoms with van der Waals surface area (Å²) in [6, 6.07) is 11.3. The van der Waals surface area contributed by atoms with Gasteiger partial charge in [-0.15, -0.1) is 10.2 Å². The number of ether oxygens (including phenoxy) is 1. The van der Waals surface area contributed by atoms with Crippen LogP contribution in [0.4, 0.5) is 5.69 Å². The number of anilines is 1. The number of carbonyl (C=O) groups excluding carboxylic acids is 1. The molecule has 30 heavy (non-hydrogen) atoms. The third-order valence-electron chi connectivity index (χ3n) is 4.92. The molecule has 9 heteroatoms. The normalized spacial score (nSPS) is 14.1. The maximum absolute atomic E-state index is 12.2. The van der Waals surface area contributed by atoms with Crippen LogP contribution in [-0.4, -0.2) is 37.5 Å². The Kier molecular flexibility index (Phi) is 6.54. The topological polar surface area (TPSA) is 81.9 Å². The van der Waals surface area contributed by atoms with Gasteiger partial charge in [-0.05, 0) is 62.1 Å². The average Bonchev–Trinajstić information content (AvgIpc) is 3.39. The van der Waals surface area contributed by atoms with Gasteiger partial charge in [0.25, 0.3) is 0 Å². The van der Waals surface area contributed by atoms with Crippen molar-refractivity contribution in [1.82, 2.24) is 19.7 Å². The number of aromatic nitrogens is 4. The summed E-state index contributed by atoms with van der Waals surface area (Å²) in [7, 11) is 1.89. The van der Waals surface area contributed by atoms with Crippen molar-refractivity contribution in [2.24, 2.45) is 7.05 Å². The number of nitrogens with one attached hydrogen (secondary N) is 1. The van der Waals surface area contributed by atoms with E-state index in [1.165, 1.54) is 24.6 Å². The Morgan fingerprint density at radius 1 is 1.23 bits per heavy atom. The maximum Gasteiger partial charge on any atom is 0.234 e. The summed E-state index contributed by atoms with van der Waals surface area (Å²) in [5, 5.41) is 12.2. The molecule has 0 aliphatic heterocycles. The summed E-state index contributed by atoms with van der Waals surface area (Å²) in [6.07, 6.45) is 6.66.